The van der Waals surface area contributed by atoms with Gasteiger partial charge in [0.1, 0.15) is 18.5 Å². The maximum absolute atomic E-state index is 5.87. The van der Waals surface area contributed by atoms with Crippen LogP contribution < -0.4 is 4.74 Å². The molecule has 0 aromatic heterocycles. The molecule has 1 aliphatic rings. The van der Waals surface area contributed by atoms with Gasteiger partial charge in [-0.3, -0.25) is 0 Å². The number of hydrogen-bond acceptors (Lipinski definition) is 2. The molecular weight excluding hydrogens is 284 g/mol. The summed E-state index contributed by atoms with van der Waals surface area (Å²) in [4.78, 5) is 0. The third-order valence-electron chi connectivity index (χ3n) is 4.26. The highest BCUT2D eigenvalue weighted by atomic mass is 16.6. The number of para-hydroxylation sites is 1. The van der Waals surface area contributed by atoms with Crippen molar-refractivity contribution in [3.05, 3.63) is 42.0 Å². The molecule has 0 spiro atoms. The summed E-state index contributed by atoms with van der Waals surface area (Å²) in [5, 5.41) is 0. The third kappa shape index (κ3) is 8.22. The molecule has 1 saturated heterocycles. The maximum Gasteiger partial charge on any atom is 0.122 e. The molecule has 1 aliphatic heterocycles. The van der Waals surface area contributed by atoms with Crippen LogP contribution in [0.4, 0.5) is 0 Å². The van der Waals surface area contributed by atoms with Crippen LogP contribution in [0.1, 0.15) is 63.9 Å². The number of hydrogen-bond donors (Lipinski definition) is 0. The fourth-order valence-corrected chi connectivity index (χ4v) is 2.70. The lowest BCUT2D eigenvalue weighted by Gasteiger charge is -2.10. The van der Waals surface area contributed by atoms with Gasteiger partial charge in [0.2, 0.25) is 0 Å². The van der Waals surface area contributed by atoms with Gasteiger partial charge in [0, 0.05) is 0 Å². The molecule has 0 N–H and O–H groups in total. The number of allylic oxidation sites excluding steroid dienone is 2. The van der Waals surface area contributed by atoms with Crippen molar-refractivity contribution in [2.75, 3.05) is 13.2 Å². The summed E-state index contributed by atoms with van der Waals surface area (Å²) >= 11 is 0. The molecule has 0 radical (unpaired) electrons. The van der Waals surface area contributed by atoms with Gasteiger partial charge in [-0.25, -0.2) is 0 Å². The second-order valence-corrected chi connectivity index (χ2v) is 6.44. The van der Waals surface area contributed by atoms with Gasteiger partial charge in [0.15, 0.2) is 0 Å². The molecule has 2 rings (SSSR count). The van der Waals surface area contributed by atoms with Gasteiger partial charge in [-0.1, -0.05) is 56.5 Å². The Balaban J connectivity index is 1.55. The number of unbranched alkanes of at least 4 members (excludes halogenated alkanes) is 6. The number of ether oxygens (including phenoxy) is 2. The summed E-state index contributed by atoms with van der Waals surface area (Å²) in [5.41, 5.74) is 1.34. The highest BCUT2D eigenvalue weighted by molar-refractivity contribution is 5.33. The molecule has 1 heterocycles. The van der Waals surface area contributed by atoms with Crippen molar-refractivity contribution in [3.63, 3.8) is 0 Å². The van der Waals surface area contributed by atoms with Gasteiger partial charge < -0.3 is 9.47 Å². The summed E-state index contributed by atoms with van der Waals surface area (Å²) in [7, 11) is 0. The zero-order valence-electron chi connectivity index (χ0n) is 14.6. The van der Waals surface area contributed by atoms with E-state index in [1.165, 1.54) is 56.9 Å². The quantitative estimate of drug-likeness (QED) is 0.264. The molecule has 1 fully saturated rings. The van der Waals surface area contributed by atoms with Crippen molar-refractivity contribution in [1.29, 1.82) is 0 Å². The lowest BCUT2D eigenvalue weighted by Crippen LogP contribution is -2.05. The summed E-state index contributed by atoms with van der Waals surface area (Å²) in [6.07, 6.45) is 16.5. The van der Waals surface area contributed by atoms with Gasteiger partial charge in [0.05, 0.1) is 6.61 Å². The lowest BCUT2D eigenvalue weighted by molar-refractivity contribution is 0.261. The van der Waals surface area contributed by atoms with Crippen LogP contribution in [0.3, 0.4) is 0 Å². The molecule has 128 valence electrons. The number of aryl methyl sites for hydroxylation is 1. The molecule has 23 heavy (non-hydrogen) atoms. The first kappa shape index (κ1) is 18.1. The first-order chi connectivity index (χ1) is 11.4. The molecule has 1 aromatic rings. The minimum Gasteiger partial charge on any atom is -0.491 e. The van der Waals surface area contributed by atoms with E-state index in [0.29, 0.717) is 12.7 Å². The van der Waals surface area contributed by atoms with Gasteiger partial charge in [0.25, 0.3) is 0 Å². The van der Waals surface area contributed by atoms with Gasteiger partial charge in [-0.2, -0.15) is 0 Å². The topological polar surface area (TPSA) is 21.8 Å². The summed E-state index contributed by atoms with van der Waals surface area (Å²) in [5.74, 6) is 1.04. The van der Waals surface area contributed by atoms with E-state index in [-0.39, 0.29) is 0 Å². The SMILES string of the molecule is CCCCC/C=C/CCCCCc1ccccc1OCC1CO1. The van der Waals surface area contributed by atoms with Crippen molar-refractivity contribution in [2.45, 2.75) is 70.8 Å². The largest absolute Gasteiger partial charge is 0.491 e. The fourth-order valence-electron chi connectivity index (χ4n) is 2.70. The van der Waals surface area contributed by atoms with Crippen molar-refractivity contribution in [1.82, 2.24) is 0 Å². The molecule has 0 bridgehead atoms. The monoisotopic (exact) mass is 316 g/mol. The van der Waals surface area contributed by atoms with Gasteiger partial charge >= 0.3 is 0 Å². The Hall–Kier alpha value is -1.28. The van der Waals surface area contributed by atoms with Crippen LogP contribution in [-0.4, -0.2) is 19.3 Å². The van der Waals surface area contributed by atoms with Crippen LogP contribution in [0.5, 0.6) is 5.75 Å². The van der Waals surface area contributed by atoms with Crippen LogP contribution in [-0.2, 0) is 11.2 Å². The predicted molar refractivity (Wildman–Crippen MR) is 97.1 cm³/mol. The molecule has 0 amide bonds. The number of benzene rings is 1. The number of epoxide rings is 1. The van der Waals surface area contributed by atoms with E-state index in [2.05, 4.69) is 43.3 Å². The summed E-state index contributed by atoms with van der Waals surface area (Å²) in [6, 6.07) is 8.43. The Morgan fingerprint density at radius 2 is 1.78 bits per heavy atom. The van der Waals surface area contributed by atoms with Crippen LogP contribution in [0, 0.1) is 0 Å². The van der Waals surface area contributed by atoms with Crippen molar-refractivity contribution in [3.8, 4) is 5.75 Å². The zero-order valence-corrected chi connectivity index (χ0v) is 14.6. The predicted octanol–water partition coefficient (Wildman–Crippen LogP) is 5.70. The van der Waals surface area contributed by atoms with E-state index in [0.717, 1.165) is 18.8 Å². The Kier molecular flexibility index (Phi) is 8.86. The Labute approximate surface area is 141 Å². The van der Waals surface area contributed by atoms with Crippen LogP contribution in [0.2, 0.25) is 0 Å². The normalized spacial score (nSPS) is 16.8. The van der Waals surface area contributed by atoms with E-state index >= 15 is 0 Å². The smallest absolute Gasteiger partial charge is 0.122 e. The standard InChI is InChI=1S/C21H32O2/c1-2-3-4-5-6-7-8-9-10-11-14-19-15-12-13-16-21(19)23-18-20-17-22-20/h6-7,12-13,15-16,20H,2-5,8-11,14,17-18H2,1H3/b7-6+. The highest BCUT2D eigenvalue weighted by Crippen LogP contribution is 2.22. The van der Waals surface area contributed by atoms with Crippen molar-refractivity contribution >= 4 is 0 Å². The number of rotatable bonds is 13. The van der Waals surface area contributed by atoms with Crippen molar-refractivity contribution < 1.29 is 9.47 Å². The minimum atomic E-state index is 0.326. The molecule has 0 aliphatic carbocycles. The zero-order chi connectivity index (χ0) is 16.2. The second kappa shape index (κ2) is 11.3. The van der Waals surface area contributed by atoms with E-state index < -0.39 is 0 Å². The average molecular weight is 316 g/mol. The molecule has 2 nitrogen and oxygen atoms in total. The summed E-state index contributed by atoms with van der Waals surface area (Å²) in [6.45, 7) is 3.81. The highest BCUT2D eigenvalue weighted by Gasteiger charge is 2.23. The van der Waals surface area contributed by atoms with E-state index in [4.69, 9.17) is 9.47 Å². The molecule has 2 heteroatoms. The van der Waals surface area contributed by atoms with Gasteiger partial charge in [-0.05, 0) is 50.2 Å². The van der Waals surface area contributed by atoms with E-state index in [9.17, 15) is 0 Å². The van der Waals surface area contributed by atoms with E-state index in [1.807, 2.05) is 0 Å². The Bertz CT molecular complexity index is 449. The molecular formula is C21H32O2. The first-order valence-electron chi connectivity index (χ1n) is 9.37. The Morgan fingerprint density at radius 1 is 1.04 bits per heavy atom. The maximum atomic E-state index is 5.87. The third-order valence-corrected chi connectivity index (χ3v) is 4.26. The average Bonchev–Trinajstić information content (AvgIpc) is 3.40. The molecule has 1 aromatic carbocycles. The minimum absolute atomic E-state index is 0.326. The van der Waals surface area contributed by atoms with Gasteiger partial charge in [-0.15, -0.1) is 0 Å². The summed E-state index contributed by atoms with van der Waals surface area (Å²) < 4.78 is 11.1. The molecule has 1 atom stereocenters. The molecule has 0 saturated carbocycles. The van der Waals surface area contributed by atoms with E-state index in [1.54, 1.807) is 0 Å². The van der Waals surface area contributed by atoms with Crippen LogP contribution >= 0.6 is 0 Å². The fraction of sp³-hybridized carbons (Fsp3) is 0.619. The van der Waals surface area contributed by atoms with Crippen LogP contribution in [0.25, 0.3) is 0 Å². The molecule has 1 unspecified atom stereocenters. The van der Waals surface area contributed by atoms with Crippen LogP contribution in [0.15, 0.2) is 36.4 Å². The first-order valence-corrected chi connectivity index (χ1v) is 9.37. The lowest BCUT2D eigenvalue weighted by atomic mass is 10.0. The second-order valence-electron chi connectivity index (χ2n) is 6.44. The Morgan fingerprint density at radius 3 is 2.52 bits per heavy atom. The van der Waals surface area contributed by atoms with Crippen molar-refractivity contribution in [2.24, 2.45) is 0 Å².